The summed E-state index contributed by atoms with van der Waals surface area (Å²) in [6.45, 7) is -0.115. The molecule has 4 rings (SSSR count). The van der Waals surface area contributed by atoms with E-state index in [9.17, 15) is 18.0 Å². The van der Waals surface area contributed by atoms with Gasteiger partial charge in [-0.1, -0.05) is 18.2 Å². The first-order valence-corrected chi connectivity index (χ1v) is 11.2. The second-order valence-electron chi connectivity index (χ2n) is 7.30. The molecular formula is C19H23N3O4S. The van der Waals surface area contributed by atoms with Gasteiger partial charge in [0.25, 0.3) is 0 Å². The summed E-state index contributed by atoms with van der Waals surface area (Å²) >= 11 is 0. The highest BCUT2D eigenvalue weighted by Gasteiger charge is 2.29. The Morgan fingerprint density at radius 2 is 1.96 bits per heavy atom. The van der Waals surface area contributed by atoms with Gasteiger partial charge in [-0.25, -0.2) is 13.2 Å². The predicted molar refractivity (Wildman–Crippen MR) is 104 cm³/mol. The average Bonchev–Trinajstić information content (AvgIpc) is 3.12. The molecule has 1 amide bonds. The highest BCUT2D eigenvalue weighted by molar-refractivity contribution is 7.91. The van der Waals surface area contributed by atoms with Gasteiger partial charge in [-0.15, -0.1) is 0 Å². The molecule has 2 aliphatic rings. The normalized spacial score (nSPS) is 21.9. The number of nitrogens with zero attached hydrogens (tertiary/aromatic N) is 2. The third-order valence-electron chi connectivity index (χ3n) is 5.29. The van der Waals surface area contributed by atoms with Crippen LogP contribution in [0.1, 0.15) is 32.1 Å². The molecule has 144 valence electrons. The number of nitrogens with one attached hydrogen (secondary N) is 1. The molecule has 0 saturated carbocycles. The summed E-state index contributed by atoms with van der Waals surface area (Å²) < 4.78 is 26.3. The molecule has 0 radical (unpaired) electrons. The lowest BCUT2D eigenvalue weighted by Crippen LogP contribution is -2.39. The SMILES string of the molecule is O=C(Cn1c(=O)n(C2=CCCCC2)c2ccccc21)NC1CCS(=O)(=O)C1. The fraction of sp³-hybridized carbons (Fsp3) is 0.474. The van der Waals surface area contributed by atoms with Crippen molar-refractivity contribution in [3.05, 3.63) is 40.8 Å². The number of hydrogen-bond acceptors (Lipinski definition) is 4. The van der Waals surface area contributed by atoms with E-state index in [2.05, 4.69) is 11.4 Å². The maximum Gasteiger partial charge on any atom is 0.333 e. The second-order valence-corrected chi connectivity index (χ2v) is 9.53. The van der Waals surface area contributed by atoms with Gasteiger partial charge < -0.3 is 5.32 Å². The van der Waals surface area contributed by atoms with Crippen molar-refractivity contribution in [2.24, 2.45) is 0 Å². The van der Waals surface area contributed by atoms with Crippen LogP contribution < -0.4 is 11.0 Å². The van der Waals surface area contributed by atoms with Crippen molar-refractivity contribution >= 4 is 32.5 Å². The van der Waals surface area contributed by atoms with Crippen LogP contribution in [-0.2, 0) is 21.2 Å². The maximum atomic E-state index is 13.1. The van der Waals surface area contributed by atoms with Crippen molar-refractivity contribution in [1.82, 2.24) is 14.5 Å². The zero-order chi connectivity index (χ0) is 19.0. The smallest absolute Gasteiger partial charge is 0.333 e. The lowest BCUT2D eigenvalue weighted by atomic mass is 10.0. The zero-order valence-corrected chi connectivity index (χ0v) is 15.9. The van der Waals surface area contributed by atoms with Gasteiger partial charge in [-0.3, -0.25) is 13.9 Å². The van der Waals surface area contributed by atoms with Gasteiger partial charge in [0.15, 0.2) is 9.84 Å². The van der Waals surface area contributed by atoms with Crippen LogP contribution in [-0.4, -0.2) is 41.0 Å². The Balaban J connectivity index is 1.64. The van der Waals surface area contributed by atoms with E-state index in [1.165, 1.54) is 4.57 Å². The Morgan fingerprint density at radius 1 is 1.19 bits per heavy atom. The molecule has 1 aromatic heterocycles. The van der Waals surface area contributed by atoms with E-state index < -0.39 is 9.84 Å². The number of carbonyl (C=O) groups is 1. The summed E-state index contributed by atoms with van der Waals surface area (Å²) in [7, 11) is -3.06. The van der Waals surface area contributed by atoms with E-state index >= 15 is 0 Å². The van der Waals surface area contributed by atoms with Gasteiger partial charge in [0, 0.05) is 11.7 Å². The average molecular weight is 389 g/mol. The molecule has 1 aliphatic heterocycles. The van der Waals surface area contributed by atoms with Crippen LogP contribution in [0.15, 0.2) is 35.1 Å². The summed E-state index contributed by atoms with van der Waals surface area (Å²) in [6.07, 6.45) is 6.51. The molecule has 1 aromatic carbocycles. The monoisotopic (exact) mass is 389 g/mol. The minimum Gasteiger partial charge on any atom is -0.351 e. The number of sulfone groups is 1. The minimum atomic E-state index is -3.06. The minimum absolute atomic E-state index is 0.0255. The van der Waals surface area contributed by atoms with E-state index in [1.54, 1.807) is 4.57 Å². The van der Waals surface area contributed by atoms with Crippen LogP contribution in [0, 0.1) is 0 Å². The highest BCUT2D eigenvalue weighted by Crippen LogP contribution is 2.24. The number of para-hydroxylation sites is 2. The molecule has 8 heteroatoms. The summed E-state index contributed by atoms with van der Waals surface area (Å²) in [4.78, 5) is 25.5. The van der Waals surface area contributed by atoms with Gasteiger partial charge >= 0.3 is 5.69 Å². The molecule has 2 heterocycles. The molecule has 1 N–H and O–H groups in total. The van der Waals surface area contributed by atoms with Crippen molar-refractivity contribution < 1.29 is 13.2 Å². The first-order chi connectivity index (χ1) is 12.9. The van der Waals surface area contributed by atoms with Crippen LogP contribution in [0.4, 0.5) is 0 Å². The number of hydrogen-bond donors (Lipinski definition) is 1. The van der Waals surface area contributed by atoms with Crippen LogP contribution in [0.3, 0.4) is 0 Å². The van der Waals surface area contributed by atoms with E-state index in [4.69, 9.17) is 0 Å². The first-order valence-electron chi connectivity index (χ1n) is 9.34. The van der Waals surface area contributed by atoms with E-state index in [0.29, 0.717) is 11.9 Å². The first kappa shape index (κ1) is 18.0. The number of fused-ring (bicyclic) bond motifs is 1. The molecule has 1 aliphatic carbocycles. The Kier molecular flexibility index (Phi) is 4.67. The molecular weight excluding hydrogens is 366 g/mol. The van der Waals surface area contributed by atoms with Crippen LogP contribution in [0.5, 0.6) is 0 Å². The van der Waals surface area contributed by atoms with Crippen LogP contribution in [0.25, 0.3) is 16.7 Å². The molecule has 0 spiro atoms. The van der Waals surface area contributed by atoms with Gasteiger partial charge in [-0.2, -0.15) is 0 Å². The van der Waals surface area contributed by atoms with Gasteiger partial charge in [0.05, 0.1) is 22.5 Å². The lowest BCUT2D eigenvalue weighted by molar-refractivity contribution is -0.122. The molecule has 1 saturated heterocycles. The largest absolute Gasteiger partial charge is 0.351 e. The van der Waals surface area contributed by atoms with Crippen molar-refractivity contribution in [2.45, 2.75) is 44.7 Å². The fourth-order valence-corrected chi connectivity index (χ4v) is 5.66. The van der Waals surface area contributed by atoms with Gasteiger partial charge in [0.1, 0.15) is 6.54 Å². The van der Waals surface area contributed by atoms with E-state index in [-0.39, 0.29) is 35.7 Å². The number of aromatic nitrogens is 2. The van der Waals surface area contributed by atoms with Crippen LogP contribution in [0.2, 0.25) is 0 Å². The highest BCUT2D eigenvalue weighted by atomic mass is 32.2. The van der Waals surface area contributed by atoms with Crippen molar-refractivity contribution in [3.63, 3.8) is 0 Å². The molecule has 0 bridgehead atoms. The van der Waals surface area contributed by atoms with Crippen molar-refractivity contribution in [2.75, 3.05) is 11.5 Å². The number of rotatable bonds is 4. The van der Waals surface area contributed by atoms with Crippen LogP contribution >= 0.6 is 0 Å². The second kappa shape index (κ2) is 6.99. The molecule has 1 fully saturated rings. The molecule has 27 heavy (non-hydrogen) atoms. The summed E-state index contributed by atoms with van der Waals surface area (Å²) in [5, 5.41) is 2.76. The standard InChI is InChI=1S/C19H23N3O4S/c23-18(20-14-10-11-27(25,26)13-14)12-21-16-8-4-5-9-17(16)22(19(21)24)15-6-2-1-3-7-15/h4-6,8-9,14H,1-3,7,10-13H2,(H,20,23). The Morgan fingerprint density at radius 3 is 2.63 bits per heavy atom. The number of allylic oxidation sites excluding steroid dienone is 2. The summed E-state index contributed by atoms with van der Waals surface area (Å²) in [5.41, 5.74) is 2.28. The quantitative estimate of drug-likeness (QED) is 0.858. The number of carbonyl (C=O) groups excluding carboxylic acids is 1. The third kappa shape index (κ3) is 3.58. The molecule has 7 nitrogen and oxygen atoms in total. The van der Waals surface area contributed by atoms with Gasteiger partial charge in [-0.05, 0) is 44.2 Å². The topological polar surface area (TPSA) is 90.2 Å². The van der Waals surface area contributed by atoms with Crippen molar-refractivity contribution in [1.29, 1.82) is 0 Å². The Labute approximate surface area is 157 Å². The Hall–Kier alpha value is -2.35. The Bertz CT molecular complexity index is 1080. The maximum absolute atomic E-state index is 13.1. The molecule has 2 aromatic rings. The zero-order valence-electron chi connectivity index (χ0n) is 15.1. The lowest BCUT2D eigenvalue weighted by Gasteiger charge is -2.13. The summed E-state index contributed by atoms with van der Waals surface area (Å²) in [5.74, 6) is -0.257. The molecule has 1 atom stereocenters. The van der Waals surface area contributed by atoms with E-state index in [1.807, 2.05) is 24.3 Å². The third-order valence-corrected chi connectivity index (χ3v) is 7.06. The fourth-order valence-electron chi connectivity index (χ4n) is 3.99. The molecule has 1 unspecified atom stereocenters. The number of imidazole rings is 1. The summed E-state index contributed by atoms with van der Waals surface area (Å²) in [6, 6.07) is 7.09. The predicted octanol–water partition coefficient (Wildman–Crippen LogP) is 1.52. The van der Waals surface area contributed by atoms with Crippen molar-refractivity contribution in [3.8, 4) is 0 Å². The van der Waals surface area contributed by atoms with Gasteiger partial charge in [0.2, 0.25) is 5.91 Å². The van der Waals surface area contributed by atoms with E-state index in [0.717, 1.165) is 36.9 Å². The number of amides is 1. The number of benzene rings is 1.